The maximum Gasteiger partial charge on any atom is 0.332 e. The standard InChI is InChI=1S/C21H14F2N4O3/c1-25-18-17(19(28)27(21(25)29)10-12-2-6-14(22)7-3-12)26-11-16(30-20(26)24-18)13-4-8-15(23)9-5-13/h2-9,11H,10H2,1H3. The number of aryl methyl sites for hydroxylation is 1. The van der Waals surface area contributed by atoms with Gasteiger partial charge in [0, 0.05) is 12.6 Å². The summed E-state index contributed by atoms with van der Waals surface area (Å²) in [5.74, 6) is -0.244. The van der Waals surface area contributed by atoms with Crippen LogP contribution in [0.25, 0.3) is 28.3 Å². The largest absolute Gasteiger partial charge is 0.423 e. The average molecular weight is 408 g/mol. The highest BCUT2D eigenvalue weighted by Gasteiger charge is 2.20. The lowest BCUT2D eigenvalue weighted by atomic mass is 10.2. The zero-order valence-electron chi connectivity index (χ0n) is 15.7. The predicted molar refractivity (Wildman–Crippen MR) is 105 cm³/mol. The molecule has 0 aliphatic rings. The topological polar surface area (TPSA) is 74.4 Å². The fourth-order valence-electron chi connectivity index (χ4n) is 3.41. The fraction of sp³-hybridized carbons (Fsp3) is 0.0952. The molecule has 0 bridgehead atoms. The van der Waals surface area contributed by atoms with Crippen LogP contribution in [0.2, 0.25) is 0 Å². The van der Waals surface area contributed by atoms with Crippen LogP contribution in [0.3, 0.4) is 0 Å². The van der Waals surface area contributed by atoms with Crippen LogP contribution in [0.4, 0.5) is 8.78 Å². The summed E-state index contributed by atoms with van der Waals surface area (Å²) in [4.78, 5) is 30.2. The number of rotatable bonds is 3. The van der Waals surface area contributed by atoms with Gasteiger partial charge in [-0.3, -0.25) is 18.3 Å². The molecule has 150 valence electrons. The molecule has 9 heteroatoms. The Hall–Kier alpha value is -4.01. The lowest BCUT2D eigenvalue weighted by Gasteiger charge is -2.08. The van der Waals surface area contributed by atoms with Crippen LogP contribution in [0, 0.1) is 11.6 Å². The van der Waals surface area contributed by atoms with E-state index >= 15 is 0 Å². The fourth-order valence-corrected chi connectivity index (χ4v) is 3.41. The van der Waals surface area contributed by atoms with Gasteiger partial charge in [0.25, 0.3) is 5.56 Å². The normalized spacial score (nSPS) is 11.6. The monoisotopic (exact) mass is 408 g/mol. The van der Waals surface area contributed by atoms with Crippen molar-refractivity contribution in [2.45, 2.75) is 6.54 Å². The van der Waals surface area contributed by atoms with E-state index in [4.69, 9.17) is 4.42 Å². The molecule has 0 aliphatic heterocycles. The van der Waals surface area contributed by atoms with Crippen LogP contribution in [0.15, 0.2) is 68.7 Å². The Balaban J connectivity index is 1.71. The van der Waals surface area contributed by atoms with Crippen molar-refractivity contribution < 1.29 is 13.2 Å². The minimum absolute atomic E-state index is 0.0162. The molecule has 0 N–H and O–H groups in total. The van der Waals surface area contributed by atoms with Crippen LogP contribution in [0.5, 0.6) is 0 Å². The second-order valence-electron chi connectivity index (χ2n) is 6.90. The van der Waals surface area contributed by atoms with E-state index < -0.39 is 17.1 Å². The smallest absolute Gasteiger partial charge is 0.332 e. The number of halogens is 2. The minimum atomic E-state index is -0.545. The summed E-state index contributed by atoms with van der Waals surface area (Å²) in [6.07, 6.45) is 1.58. The highest BCUT2D eigenvalue weighted by atomic mass is 19.1. The van der Waals surface area contributed by atoms with E-state index in [0.29, 0.717) is 16.9 Å². The summed E-state index contributed by atoms with van der Waals surface area (Å²) < 4.78 is 35.9. The quantitative estimate of drug-likeness (QED) is 0.460. The Labute approximate surface area is 167 Å². The van der Waals surface area contributed by atoms with Gasteiger partial charge < -0.3 is 4.42 Å². The van der Waals surface area contributed by atoms with Gasteiger partial charge in [-0.1, -0.05) is 12.1 Å². The van der Waals surface area contributed by atoms with Gasteiger partial charge in [0.05, 0.1) is 12.7 Å². The number of nitrogens with zero attached hydrogens (tertiary/aromatic N) is 4. The van der Waals surface area contributed by atoms with Crippen LogP contribution < -0.4 is 11.2 Å². The number of aromatic nitrogens is 4. The third kappa shape index (κ3) is 2.74. The molecule has 0 saturated heterocycles. The third-order valence-corrected chi connectivity index (χ3v) is 4.97. The summed E-state index contributed by atoms with van der Waals surface area (Å²) in [6, 6.07) is 11.3. The van der Waals surface area contributed by atoms with Crippen molar-refractivity contribution in [2.75, 3.05) is 0 Å². The molecule has 5 rings (SSSR count). The Morgan fingerprint density at radius 1 is 0.967 bits per heavy atom. The van der Waals surface area contributed by atoms with E-state index in [9.17, 15) is 18.4 Å². The second-order valence-corrected chi connectivity index (χ2v) is 6.90. The molecule has 3 aromatic heterocycles. The van der Waals surface area contributed by atoms with Crippen molar-refractivity contribution in [2.24, 2.45) is 7.05 Å². The molecule has 7 nitrogen and oxygen atoms in total. The zero-order chi connectivity index (χ0) is 21.0. The molecule has 2 aromatic carbocycles. The summed E-state index contributed by atoms with van der Waals surface area (Å²) in [5.41, 5.74) is 0.491. The van der Waals surface area contributed by atoms with E-state index in [1.807, 2.05) is 0 Å². The van der Waals surface area contributed by atoms with Gasteiger partial charge in [0.2, 0.25) is 0 Å². The molecule has 30 heavy (non-hydrogen) atoms. The van der Waals surface area contributed by atoms with Gasteiger partial charge in [-0.15, -0.1) is 0 Å². The number of hydrogen-bond acceptors (Lipinski definition) is 4. The van der Waals surface area contributed by atoms with Gasteiger partial charge in [-0.2, -0.15) is 4.98 Å². The summed E-state index contributed by atoms with van der Waals surface area (Å²) >= 11 is 0. The Kier molecular flexibility index (Phi) is 3.92. The number of benzene rings is 2. The average Bonchev–Trinajstić information content (AvgIpc) is 3.30. The second kappa shape index (κ2) is 6.51. The number of hydrogen-bond donors (Lipinski definition) is 0. The maximum atomic E-state index is 13.2. The van der Waals surface area contributed by atoms with Crippen LogP contribution in [-0.2, 0) is 13.6 Å². The lowest BCUT2D eigenvalue weighted by molar-refractivity contribution is 0.608. The van der Waals surface area contributed by atoms with Crippen LogP contribution in [0.1, 0.15) is 5.56 Å². The highest BCUT2D eigenvalue weighted by molar-refractivity contribution is 5.76. The Bertz CT molecular complexity index is 1520. The Morgan fingerprint density at radius 2 is 1.60 bits per heavy atom. The maximum absolute atomic E-state index is 13.2. The SMILES string of the molecule is Cn1c(=O)n(Cc2ccc(F)cc2)c(=O)c2c1nc1oc(-c3ccc(F)cc3)cn12. The first kappa shape index (κ1) is 18.0. The van der Waals surface area contributed by atoms with Crippen LogP contribution in [-0.4, -0.2) is 18.5 Å². The Morgan fingerprint density at radius 3 is 2.27 bits per heavy atom. The van der Waals surface area contributed by atoms with Gasteiger partial charge in [-0.25, -0.2) is 13.6 Å². The number of oxazole rings is 1. The molecule has 0 radical (unpaired) electrons. The van der Waals surface area contributed by atoms with Crippen molar-refractivity contribution in [1.82, 2.24) is 18.5 Å². The first-order valence-corrected chi connectivity index (χ1v) is 9.04. The summed E-state index contributed by atoms with van der Waals surface area (Å²) in [6.45, 7) is -0.0162. The summed E-state index contributed by atoms with van der Waals surface area (Å²) in [5, 5.41) is 0. The first-order chi connectivity index (χ1) is 14.4. The van der Waals surface area contributed by atoms with Gasteiger partial charge in [0.1, 0.15) is 11.6 Å². The molecule has 3 heterocycles. The minimum Gasteiger partial charge on any atom is -0.423 e. The molecule has 0 saturated carbocycles. The molecule has 5 aromatic rings. The zero-order valence-corrected chi connectivity index (χ0v) is 15.7. The van der Waals surface area contributed by atoms with Crippen molar-refractivity contribution in [3.05, 3.63) is 92.8 Å². The van der Waals surface area contributed by atoms with Gasteiger partial charge >= 0.3 is 11.5 Å². The molecule has 0 spiro atoms. The third-order valence-electron chi connectivity index (χ3n) is 4.97. The van der Waals surface area contributed by atoms with E-state index in [1.165, 1.54) is 52.4 Å². The number of imidazole rings is 1. The van der Waals surface area contributed by atoms with Gasteiger partial charge in [-0.05, 0) is 42.0 Å². The molecular formula is C21H14F2N4O3. The molecule has 0 amide bonds. The molecule has 0 fully saturated rings. The van der Waals surface area contributed by atoms with Crippen molar-refractivity contribution in [1.29, 1.82) is 0 Å². The number of fused-ring (bicyclic) bond motifs is 3. The van der Waals surface area contributed by atoms with E-state index in [2.05, 4.69) is 4.98 Å². The van der Waals surface area contributed by atoms with Crippen molar-refractivity contribution in [3.8, 4) is 11.3 Å². The van der Waals surface area contributed by atoms with E-state index in [0.717, 1.165) is 4.57 Å². The van der Waals surface area contributed by atoms with E-state index in [1.54, 1.807) is 18.3 Å². The van der Waals surface area contributed by atoms with Gasteiger partial charge in [0.15, 0.2) is 16.9 Å². The highest BCUT2D eigenvalue weighted by Crippen LogP contribution is 2.24. The van der Waals surface area contributed by atoms with Crippen molar-refractivity contribution in [3.63, 3.8) is 0 Å². The van der Waals surface area contributed by atoms with Crippen molar-refractivity contribution >= 4 is 17.0 Å². The molecular weight excluding hydrogens is 394 g/mol. The summed E-state index contributed by atoms with van der Waals surface area (Å²) in [7, 11) is 1.51. The lowest BCUT2D eigenvalue weighted by Crippen LogP contribution is -2.39. The predicted octanol–water partition coefficient (Wildman–Crippen LogP) is 2.93. The molecule has 0 atom stereocenters. The molecule has 0 unspecified atom stereocenters. The van der Waals surface area contributed by atoms with Crippen LogP contribution >= 0.6 is 0 Å². The molecule has 0 aliphatic carbocycles. The first-order valence-electron chi connectivity index (χ1n) is 9.04. The van der Waals surface area contributed by atoms with E-state index in [-0.39, 0.29) is 29.4 Å².